The number of phenols is 1. The Hall–Kier alpha value is -1.49. The highest BCUT2D eigenvalue weighted by atomic mass is 32.2. The second-order valence-electron chi connectivity index (χ2n) is 5.31. The van der Waals surface area contributed by atoms with Crippen LogP contribution in [0.5, 0.6) is 5.75 Å². The highest BCUT2D eigenvalue weighted by Gasteiger charge is 2.32. The van der Waals surface area contributed by atoms with E-state index in [9.17, 15) is 14.7 Å². The fourth-order valence-electron chi connectivity index (χ4n) is 2.70. The van der Waals surface area contributed by atoms with Crippen LogP contribution in [0, 0.1) is 19.8 Å². The third kappa shape index (κ3) is 3.15. The van der Waals surface area contributed by atoms with Gasteiger partial charge in [0.2, 0.25) is 5.91 Å². The first-order valence-electron chi connectivity index (χ1n) is 6.62. The number of carbonyl (C=O) groups is 2. The van der Waals surface area contributed by atoms with Crippen LogP contribution in [0.1, 0.15) is 24.5 Å². The molecule has 1 aliphatic rings. The van der Waals surface area contributed by atoms with Gasteiger partial charge in [-0.2, -0.15) is 0 Å². The zero-order valence-corrected chi connectivity index (χ0v) is 12.8. The summed E-state index contributed by atoms with van der Waals surface area (Å²) in [5, 5.41) is 9.67. The Morgan fingerprint density at radius 3 is 2.55 bits per heavy atom. The van der Waals surface area contributed by atoms with Crippen LogP contribution in [0.15, 0.2) is 12.1 Å². The van der Waals surface area contributed by atoms with E-state index in [4.69, 9.17) is 0 Å². The molecule has 1 saturated heterocycles. The Morgan fingerprint density at radius 2 is 2.00 bits per heavy atom. The molecule has 0 saturated carbocycles. The summed E-state index contributed by atoms with van der Waals surface area (Å²) in [6.07, 6.45) is 0.486. The predicted molar refractivity (Wildman–Crippen MR) is 81.2 cm³/mol. The molecule has 108 valence electrons. The lowest BCUT2D eigenvalue weighted by atomic mass is 10.1. The molecule has 1 unspecified atom stereocenters. The van der Waals surface area contributed by atoms with Gasteiger partial charge in [-0.3, -0.25) is 9.59 Å². The molecule has 4 nitrogen and oxygen atoms in total. The Balaban J connectivity index is 2.18. The second kappa shape index (κ2) is 5.87. The van der Waals surface area contributed by atoms with Crippen molar-refractivity contribution in [2.75, 3.05) is 17.2 Å². The van der Waals surface area contributed by atoms with E-state index < -0.39 is 0 Å². The van der Waals surface area contributed by atoms with E-state index >= 15 is 0 Å². The van der Waals surface area contributed by atoms with Crippen LogP contribution in [0.25, 0.3) is 0 Å². The molecule has 0 bridgehead atoms. The van der Waals surface area contributed by atoms with Gasteiger partial charge in [0, 0.05) is 31.3 Å². The third-order valence-electron chi connectivity index (χ3n) is 3.47. The number of thioether (sulfide) groups is 1. The average molecular weight is 293 g/mol. The lowest BCUT2D eigenvalue weighted by Gasteiger charge is -2.21. The number of amides is 1. The summed E-state index contributed by atoms with van der Waals surface area (Å²) < 4.78 is 0. The molecule has 0 aliphatic carbocycles. The fraction of sp³-hybridized carbons (Fsp3) is 0.467. The zero-order chi connectivity index (χ0) is 14.9. The molecule has 1 fully saturated rings. The molecular formula is C15H19NO3S. The van der Waals surface area contributed by atoms with Crippen molar-refractivity contribution in [2.24, 2.45) is 5.92 Å². The molecule has 1 aromatic carbocycles. The van der Waals surface area contributed by atoms with Crippen molar-refractivity contribution in [3.05, 3.63) is 23.3 Å². The maximum absolute atomic E-state index is 12.2. The number of aryl methyl sites for hydroxylation is 2. The molecule has 1 heterocycles. The monoisotopic (exact) mass is 293 g/mol. The van der Waals surface area contributed by atoms with Crippen LogP contribution < -0.4 is 4.90 Å². The summed E-state index contributed by atoms with van der Waals surface area (Å²) in [5.74, 6) is 1.22. The molecule has 20 heavy (non-hydrogen) atoms. The van der Waals surface area contributed by atoms with E-state index in [-0.39, 0.29) is 22.7 Å². The van der Waals surface area contributed by atoms with Gasteiger partial charge in [-0.05, 0) is 43.0 Å². The molecule has 0 radical (unpaired) electrons. The van der Waals surface area contributed by atoms with Gasteiger partial charge in [-0.25, -0.2) is 0 Å². The van der Waals surface area contributed by atoms with E-state index in [1.54, 1.807) is 24.0 Å². The molecule has 0 aromatic heterocycles. The molecular weight excluding hydrogens is 274 g/mol. The number of benzene rings is 1. The van der Waals surface area contributed by atoms with Gasteiger partial charge < -0.3 is 10.0 Å². The van der Waals surface area contributed by atoms with Crippen molar-refractivity contribution < 1.29 is 14.7 Å². The number of nitrogens with zero attached hydrogens (tertiary/aromatic N) is 1. The molecule has 1 aromatic rings. The predicted octanol–water partition coefficient (Wildman–Crippen LogP) is 2.64. The zero-order valence-electron chi connectivity index (χ0n) is 12.0. The highest BCUT2D eigenvalue weighted by molar-refractivity contribution is 8.13. The van der Waals surface area contributed by atoms with Crippen LogP contribution in [-0.2, 0) is 9.59 Å². The molecule has 2 rings (SSSR count). The van der Waals surface area contributed by atoms with Crippen LogP contribution in [0.3, 0.4) is 0 Å². The minimum Gasteiger partial charge on any atom is -0.508 e. The highest BCUT2D eigenvalue weighted by Crippen LogP contribution is 2.34. The van der Waals surface area contributed by atoms with Crippen molar-refractivity contribution in [3.8, 4) is 5.75 Å². The van der Waals surface area contributed by atoms with E-state index in [1.807, 2.05) is 13.8 Å². The summed E-state index contributed by atoms with van der Waals surface area (Å²) >= 11 is 1.28. The van der Waals surface area contributed by atoms with Crippen molar-refractivity contribution in [1.82, 2.24) is 0 Å². The Labute approximate surface area is 123 Å². The van der Waals surface area contributed by atoms with Gasteiger partial charge in [-0.15, -0.1) is 0 Å². The van der Waals surface area contributed by atoms with Gasteiger partial charge in [0.25, 0.3) is 0 Å². The SMILES string of the molecule is CC(=O)SCC1CC(=O)N(c2c(C)cc(O)cc2C)C1. The summed E-state index contributed by atoms with van der Waals surface area (Å²) in [5.41, 5.74) is 2.69. The molecule has 0 spiro atoms. The van der Waals surface area contributed by atoms with Crippen LogP contribution >= 0.6 is 11.8 Å². The fourth-order valence-corrected chi connectivity index (χ4v) is 3.40. The van der Waals surface area contributed by atoms with Crippen molar-refractivity contribution in [1.29, 1.82) is 0 Å². The number of hydrogen-bond donors (Lipinski definition) is 1. The number of carbonyl (C=O) groups excluding carboxylic acids is 2. The number of phenolic OH excluding ortho intramolecular Hbond substituents is 1. The molecule has 1 aliphatic heterocycles. The van der Waals surface area contributed by atoms with Crippen LogP contribution in [-0.4, -0.2) is 28.4 Å². The van der Waals surface area contributed by atoms with E-state index in [0.29, 0.717) is 18.7 Å². The van der Waals surface area contributed by atoms with Crippen LogP contribution in [0.2, 0.25) is 0 Å². The topological polar surface area (TPSA) is 57.6 Å². The first kappa shape index (κ1) is 14.9. The van der Waals surface area contributed by atoms with Crippen LogP contribution in [0.4, 0.5) is 5.69 Å². The summed E-state index contributed by atoms with van der Waals surface area (Å²) in [6, 6.07) is 3.35. The van der Waals surface area contributed by atoms with E-state index in [0.717, 1.165) is 16.8 Å². The third-order valence-corrected chi connectivity index (χ3v) is 4.52. The number of hydrogen-bond acceptors (Lipinski definition) is 4. The quantitative estimate of drug-likeness (QED) is 0.931. The molecule has 1 atom stereocenters. The Kier molecular flexibility index (Phi) is 4.38. The first-order chi connectivity index (χ1) is 9.38. The Morgan fingerprint density at radius 1 is 1.40 bits per heavy atom. The second-order valence-corrected chi connectivity index (χ2v) is 6.50. The Bertz CT molecular complexity index is 533. The smallest absolute Gasteiger partial charge is 0.227 e. The van der Waals surface area contributed by atoms with Gasteiger partial charge in [0.15, 0.2) is 5.12 Å². The molecule has 1 N–H and O–H groups in total. The first-order valence-corrected chi connectivity index (χ1v) is 7.61. The standard InChI is InChI=1S/C15H19NO3S/c1-9-4-13(18)5-10(2)15(9)16-7-12(6-14(16)19)8-20-11(3)17/h4-5,12,18H,6-8H2,1-3H3. The number of rotatable bonds is 3. The summed E-state index contributed by atoms with van der Waals surface area (Å²) in [6.45, 7) is 5.99. The number of anilines is 1. The lowest BCUT2D eigenvalue weighted by molar-refractivity contribution is -0.117. The summed E-state index contributed by atoms with van der Waals surface area (Å²) in [4.78, 5) is 25.0. The van der Waals surface area contributed by atoms with Crippen molar-refractivity contribution in [3.63, 3.8) is 0 Å². The maximum Gasteiger partial charge on any atom is 0.227 e. The van der Waals surface area contributed by atoms with Gasteiger partial charge in [0.1, 0.15) is 5.75 Å². The average Bonchev–Trinajstić information content (AvgIpc) is 2.67. The van der Waals surface area contributed by atoms with Gasteiger partial charge in [0.05, 0.1) is 0 Å². The summed E-state index contributed by atoms with van der Waals surface area (Å²) in [7, 11) is 0. The largest absolute Gasteiger partial charge is 0.508 e. The molecule has 1 amide bonds. The normalized spacial score (nSPS) is 18.6. The minimum atomic E-state index is 0.0906. The minimum absolute atomic E-state index is 0.0906. The molecule has 5 heteroatoms. The lowest BCUT2D eigenvalue weighted by Crippen LogP contribution is -2.26. The van der Waals surface area contributed by atoms with E-state index in [2.05, 4.69) is 0 Å². The van der Waals surface area contributed by atoms with Gasteiger partial charge in [-0.1, -0.05) is 11.8 Å². The van der Waals surface area contributed by atoms with E-state index in [1.165, 1.54) is 11.8 Å². The number of aromatic hydroxyl groups is 1. The van der Waals surface area contributed by atoms with Crippen molar-refractivity contribution in [2.45, 2.75) is 27.2 Å². The maximum atomic E-state index is 12.2. The van der Waals surface area contributed by atoms with Crippen molar-refractivity contribution >= 4 is 28.5 Å². The van der Waals surface area contributed by atoms with Gasteiger partial charge >= 0.3 is 0 Å².